The molecule has 132 valence electrons. The van der Waals surface area contributed by atoms with Crippen LogP contribution in [0.4, 0.5) is 0 Å². The summed E-state index contributed by atoms with van der Waals surface area (Å²) in [7, 11) is 1.67. The largest absolute Gasteiger partial charge is 0.376 e. The minimum absolute atomic E-state index is 0.164. The van der Waals surface area contributed by atoms with Crippen LogP contribution >= 0.6 is 0 Å². The number of piperidine rings is 1. The van der Waals surface area contributed by atoms with Crippen molar-refractivity contribution in [1.82, 2.24) is 10.2 Å². The molecule has 2 aliphatic heterocycles. The van der Waals surface area contributed by atoms with Gasteiger partial charge in [0, 0.05) is 26.1 Å². The molecule has 0 spiro atoms. The maximum absolute atomic E-state index is 12.9. The number of likely N-dealkylation sites (tertiary alicyclic amines) is 1. The van der Waals surface area contributed by atoms with Gasteiger partial charge < -0.3 is 19.7 Å². The van der Waals surface area contributed by atoms with Gasteiger partial charge >= 0.3 is 0 Å². The van der Waals surface area contributed by atoms with Gasteiger partial charge in [-0.15, -0.1) is 0 Å². The Balaban J connectivity index is 1.47. The number of nitrogens with zero attached hydrogens (tertiary/aromatic N) is 1. The number of ether oxygens (including phenoxy) is 2. The van der Waals surface area contributed by atoms with E-state index >= 15 is 0 Å². The van der Waals surface area contributed by atoms with Crippen LogP contribution in [0, 0.1) is 5.92 Å². The van der Waals surface area contributed by atoms with Gasteiger partial charge in [-0.1, -0.05) is 30.3 Å². The Morgan fingerprint density at radius 2 is 2.04 bits per heavy atom. The summed E-state index contributed by atoms with van der Waals surface area (Å²) in [5.41, 5.74) is 0.571. The molecule has 1 unspecified atom stereocenters. The Kier molecular flexibility index (Phi) is 5.87. The third-order valence-electron chi connectivity index (χ3n) is 5.23. The first-order chi connectivity index (χ1) is 11.7. The van der Waals surface area contributed by atoms with Crippen molar-refractivity contribution >= 4 is 5.91 Å². The SMILES string of the molecule is COC1(C(=O)N2CCC(COCc3ccccc3)C2)CCNCC1. The highest BCUT2D eigenvalue weighted by molar-refractivity contribution is 5.85. The average molecular weight is 332 g/mol. The Morgan fingerprint density at radius 3 is 2.75 bits per heavy atom. The molecule has 0 aromatic heterocycles. The number of hydrogen-bond acceptors (Lipinski definition) is 4. The number of amides is 1. The number of methoxy groups -OCH3 is 1. The molecule has 2 aliphatic rings. The maximum Gasteiger partial charge on any atom is 0.254 e. The highest BCUT2D eigenvalue weighted by atomic mass is 16.5. The van der Waals surface area contributed by atoms with Crippen molar-refractivity contribution in [2.24, 2.45) is 5.92 Å². The third-order valence-corrected chi connectivity index (χ3v) is 5.23. The zero-order chi connectivity index (χ0) is 16.8. The molecule has 1 aromatic carbocycles. The highest BCUT2D eigenvalue weighted by Gasteiger charge is 2.44. The predicted molar refractivity (Wildman–Crippen MR) is 92.6 cm³/mol. The molecule has 1 aromatic rings. The standard InChI is InChI=1S/C19H28N2O3/c1-23-19(8-10-20-11-9-19)18(22)21-12-7-17(13-21)15-24-14-16-5-3-2-4-6-16/h2-6,17,20H,7-15H2,1H3. The Labute approximate surface area is 144 Å². The van der Waals surface area contributed by atoms with Crippen LogP contribution in [0.3, 0.4) is 0 Å². The van der Waals surface area contributed by atoms with E-state index in [0.29, 0.717) is 19.1 Å². The lowest BCUT2D eigenvalue weighted by molar-refractivity contribution is -0.157. The van der Waals surface area contributed by atoms with E-state index in [1.807, 2.05) is 23.1 Å². The van der Waals surface area contributed by atoms with E-state index in [4.69, 9.17) is 9.47 Å². The lowest BCUT2D eigenvalue weighted by Crippen LogP contribution is -2.54. The average Bonchev–Trinajstić information content (AvgIpc) is 3.11. The van der Waals surface area contributed by atoms with Gasteiger partial charge in [0.1, 0.15) is 5.60 Å². The molecule has 1 N–H and O–H groups in total. The van der Waals surface area contributed by atoms with Crippen molar-refractivity contribution in [2.45, 2.75) is 31.5 Å². The van der Waals surface area contributed by atoms with Crippen molar-refractivity contribution < 1.29 is 14.3 Å². The zero-order valence-corrected chi connectivity index (χ0v) is 14.5. The minimum atomic E-state index is -0.620. The highest BCUT2D eigenvalue weighted by Crippen LogP contribution is 2.28. The molecule has 2 saturated heterocycles. The lowest BCUT2D eigenvalue weighted by atomic mass is 9.90. The number of carbonyl (C=O) groups is 1. The third kappa shape index (κ3) is 3.97. The smallest absolute Gasteiger partial charge is 0.254 e. The molecular weight excluding hydrogens is 304 g/mol. The van der Waals surface area contributed by atoms with Crippen LogP contribution in [0.15, 0.2) is 30.3 Å². The fourth-order valence-corrected chi connectivity index (χ4v) is 3.69. The van der Waals surface area contributed by atoms with Gasteiger partial charge in [-0.25, -0.2) is 0 Å². The molecule has 2 fully saturated rings. The molecule has 5 nitrogen and oxygen atoms in total. The first-order valence-corrected chi connectivity index (χ1v) is 8.90. The Bertz CT molecular complexity index is 529. The van der Waals surface area contributed by atoms with Crippen LogP contribution in [0.25, 0.3) is 0 Å². The molecule has 0 saturated carbocycles. The molecule has 1 amide bonds. The van der Waals surface area contributed by atoms with Crippen LogP contribution in [0.1, 0.15) is 24.8 Å². The van der Waals surface area contributed by atoms with Gasteiger partial charge in [0.2, 0.25) is 0 Å². The summed E-state index contributed by atoms with van der Waals surface area (Å²) < 4.78 is 11.5. The summed E-state index contributed by atoms with van der Waals surface area (Å²) in [6.07, 6.45) is 2.53. The number of nitrogens with one attached hydrogen (secondary N) is 1. The Hall–Kier alpha value is -1.43. The topological polar surface area (TPSA) is 50.8 Å². The molecule has 1 atom stereocenters. The van der Waals surface area contributed by atoms with Gasteiger partial charge in [-0.2, -0.15) is 0 Å². The minimum Gasteiger partial charge on any atom is -0.376 e. The van der Waals surface area contributed by atoms with Crippen molar-refractivity contribution in [3.05, 3.63) is 35.9 Å². The van der Waals surface area contributed by atoms with Crippen molar-refractivity contribution in [1.29, 1.82) is 0 Å². The molecular formula is C19H28N2O3. The summed E-state index contributed by atoms with van der Waals surface area (Å²) >= 11 is 0. The molecule has 0 radical (unpaired) electrons. The predicted octanol–water partition coefficient (Wildman–Crippen LogP) is 1.82. The zero-order valence-electron chi connectivity index (χ0n) is 14.5. The second-order valence-corrected chi connectivity index (χ2v) is 6.86. The van der Waals surface area contributed by atoms with Crippen molar-refractivity contribution in [2.75, 3.05) is 39.9 Å². The van der Waals surface area contributed by atoms with E-state index < -0.39 is 5.60 Å². The quantitative estimate of drug-likeness (QED) is 0.863. The van der Waals surface area contributed by atoms with E-state index in [2.05, 4.69) is 17.4 Å². The molecule has 5 heteroatoms. The molecule has 0 bridgehead atoms. The van der Waals surface area contributed by atoms with Gasteiger partial charge in [-0.05, 0) is 37.9 Å². The molecule has 2 heterocycles. The van der Waals surface area contributed by atoms with Crippen LogP contribution in [0.2, 0.25) is 0 Å². The fourth-order valence-electron chi connectivity index (χ4n) is 3.69. The second kappa shape index (κ2) is 8.10. The maximum atomic E-state index is 12.9. The number of carbonyl (C=O) groups excluding carboxylic acids is 1. The van der Waals surface area contributed by atoms with Gasteiger partial charge in [0.25, 0.3) is 5.91 Å². The van der Waals surface area contributed by atoms with Crippen LogP contribution in [-0.4, -0.2) is 56.3 Å². The van der Waals surface area contributed by atoms with Crippen LogP contribution in [0.5, 0.6) is 0 Å². The fraction of sp³-hybridized carbons (Fsp3) is 0.632. The number of benzene rings is 1. The number of rotatable bonds is 6. The summed E-state index contributed by atoms with van der Waals surface area (Å²) in [5, 5.41) is 3.30. The first kappa shape index (κ1) is 17.4. The van der Waals surface area contributed by atoms with Crippen LogP contribution in [-0.2, 0) is 20.9 Å². The normalized spacial score (nSPS) is 23.4. The van der Waals surface area contributed by atoms with Gasteiger partial charge in [-0.3, -0.25) is 4.79 Å². The van der Waals surface area contributed by atoms with Crippen LogP contribution < -0.4 is 5.32 Å². The Morgan fingerprint density at radius 1 is 1.29 bits per heavy atom. The first-order valence-electron chi connectivity index (χ1n) is 8.90. The van der Waals surface area contributed by atoms with E-state index in [9.17, 15) is 4.79 Å². The molecule has 3 rings (SSSR count). The van der Waals surface area contributed by atoms with E-state index in [1.54, 1.807) is 7.11 Å². The van der Waals surface area contributed by atoms with Gasteiger partial charge in [0.05, 0.1) is 13.2 Å². The summed E-state index contributed by atoms with van der Waals surface area (Å²) in [4.78, 5) is 14.9. The molecule has 0 aliphatic carbocycles. The van der Waals surface area contributed by atoms with E-state index in [-0.39, 0.29) is 5.91 Å². The molecule has 24 heavy (non-hydrogen) atoms. The van der Waals surface area contributed by atoms with Crippen molar-refractivity contribution in [3.8, 4) is 0 Å². The second-order valence-electron chi connectivity index (χ2n) is 6.86. The summed E-state index contributed by atoms with van der Waals surface area (Å²) in [5.74, 6) is 0.588. The van der Waals surface area contributed by atoms with Gasteiger partial charge in [0.15, 0.2) is 0 Å². The monoisotopic (exact) mass is 332 g/mol. The summed E-state index contributed by atoms with van der Waals surface area (Å²) in [6.45, 7) is 4.64. The summed E-state index contributed by atoms with van der Waals surface area (Å²) in [6, 6.07) is 10.2. The number of hydrogen-bond donors (Lipinski definition) is 1. The van der Waals surface area contributed by atoms with Crippen molar-refractivity contribution in [3.63, 3.8) is 0 Å². The van der Waals surface area contributed by atoms with E-state index in [0.717, 1.165) is 45.4 Å². The van der Waals surface area contributed by atoms with E-state index in [1.165, 1.54) is 5.56 Å². The lowest BCUT2D eigenvalue weighted by Gasteiger charge is -2.37.